The third-order valence-electron chi connectivity index (χ3n) is 4.34. The van der Waals surface area contributed by atoms with Crippen molar-refractivity contribution in [1.82, 2.24) is 5.32 Å². The molecule has 0 bridgehead atoms. The van der Waals surface area contributed by atoms with Crippen LogP contribution in [0.2, 0.25) is 0 Å². The van der Waals surface area contributed by atoms with E-state index in [1.54, 1.807) is 24.3 Å². The Bertz CT molecular complexity index is 834. The normalized spacial score (nSPS) is 16.0. The van der Waals surface area contributed by atoms with Gasteiger partial charge in [-0.15, -0.1) is 0 Å². The Hall–Kier alpha value is -2.93. The van der Waals surface area contributed by atoms with Crippen LogP contribution in [-0.4, -0.2) is 38.2 Å². The maximum absolute atomic E-state index is 13.5. The summed E-state index contributed by atoms with van der Waals surface area (Å²) in [6.07, 6.45) is 1.92. The highest BCUT2D eigenvalue weighted by atomic mass is 19.1. The first-order chi connectivity index (χ1) is 13.1. The molecule has 0 spiro atoms. The number of hydrogen-bond acceptors (Lipinski definition) is 4. The molecule has 1 heterocycles. The number of nitrogens with one attached hydrogen (secondary N) is 2. The number of benzene rings is 2. The number of carbonyl (C=O) groups excluding carboxylic acids is 2. The van der Waals surface area contributed by atoms with Gasteiger partial charge in [0.25, 0.3) is 11.8 Å². The number of hydrogen-bond donors (Lipinski definition) is 2. The van der Waals surface area contributed by atoms with Gasteiger partial charge < -0.3 is 20.1 Å². The number of para-hydroxylation sites is 1. The molecule has 2 N–H and O–H groups in total. The van der Waals surface area contributed by atoms with E-state index in [9.17, 15) is 14.0 Å². The lowest BCUT2D eigenvalue weighted by Crippen LogP contribution is -2.32. The smallest absolute Gasteiger partial charge is 0.259 e. The van der Waals surface area contributed by atoms with Crippen molar-refractivity contribution in [3.8, 4) is 5.75 Å². The minimum Gasteiger partial charge on any atom is -0.496 e. The number of rotatable bonds is 6. The predicted octanol–water partition coefficient (Wildman–Crippen LogP) is 3.00. The van der Waals surface area contributed by atoms with Gasteiger partial charge in [0.05, 0.1) is 30.0 Å². The molecule has 3 rings (SSSR count). The average molecular weight is 372 g/mol. The number of amides is 2. The lowest BCUT2D eigenvalue weighted by molar-refractivity contribution is 0.0858. The summed E-state index contributed by atoms with van der Waals surface area (Å²) in [6.45, 7) is 1.13. The van der Waals surface area contributed by atoms with Crippen LogP contribution in [0.1, 0.15) is 33.6 Å². The van der Waals surface area contributed by atoms with Gasteiger partial charge in [0.1, 0.15) is 11.6 Å². The SMILES string of the molecule is COc1ccc(F)cc1C(=O)Nc1ccccc1C(=O)NCC1CCCO1. The number of methoxy groups -OCH3 is 1. The first kappa shape index (κ1) is 18.8. The second-order valence-corrected chi connectivity index (χ2v) is 6.19. The van der Waals surface area contributed by atoms with E-state index in [4.69, 9.17) is 9.47 Å². The van der Waals surface area contributed by atoms with Crippen molar-refractivity contribution in [2.45, 2.75) is 18.9 Å². The van der Waals surface area contributed by atoms with Crippen molar-refractivity contribution < 1.29 is 23.5 Å². The van der Waals surface area contributed by atoms with E-state index in [1.165, 1.54) is 19.2 Å². The molecule has 27 heavy (non-hydrogen) atoms. The fraction of sp³-hybridized carbons (Fsp3) is 0.300. The number of ether oxygens (including phenoxy) is 2. The highest BCUT2D eigenvalue weighted by molar-refractivity contribution is 6.10. The van der Waals surface area contributed by atoms with E-state index in [1.807, 2.05) is 0 Å². The Morgan fingerprint density at radius 1 is 1.19 bits per heavy atom. The van der Waals surface area contributed by atoms with Gasteiger partial charge in [0.2, 0.25) is 0 Å². The van der Waals surface area contributed by atoms with Crippen molar-refractivity contribution in [2.24, 2.45) is 0 Å². The van der Waals surface area contributed by atoms with Crippen LogP contribution in [0.25, 0.3) is 0 Å². The molecule has 2 amide bonds. The quantitative estimate of drug-likeness (QED) is 0.817. The summed E-state index contributed by atoms with van der Waals surface area (Å²) < 4.78 is 24.1. The summed E-state index contributed by atoms with van der Waals surface area (Å²) in [5.41, 5.74) is 0.699. The summed E-state index contributed by atoms with van der Waals surface area (Å²) >= 11 is 0. The molecular weight excluding hydrogens is 351 g/mol. The zero-order valence-corrected chi connectivity index (χ0v) is 15.0. The summed E-state index contributed by atoms with van der Waals surface area (Å²) in [6, 6.07) is 10.3. The summed E-state index contributed by atoms with van der Waals surface area (Å²) in [4.78, 5) is 25.1. The number of carbonyl (C=O) groups is 2. The minimum atomic E-state index is -0.564. The molecule has 0 aromatic heterocycles. The van der Waals surface area contributed by atoms with Gasteiger partial charge in [0.15, 0.2) is 0 Å². The zero-order valence-electron chi connectivity index (χ0n) is 15.0. The molecule has 0 saturated carbocycles. The fourth-order valence-electron chi connectivity index (χ4n) is 2.94. The molecule has 1 saturated heterocycles. The van der Waals surface area contributed by atoms with E-state index in [0.29, 0.717) is 24.4 Å². The first-order valence-corrected chi connectivity index (χ1v) is 8.72. The van der Waals surface area contributed by atoms with E-state index in [-0.39, 0.29) is 23.3 Å². The van der Waals surface area contributed by atoms with Gasteiger partial charge in [-0.3, -0.25) is 9.59 Å². The van der Waals surface area contributed by atoms with Gasteiger partial charge in [-0.1, -0.05) is 12.1 Å². The first-order valence-electron chi connectivity index (χ1n) is 8.72. The van der Waals surface area contributed by atoms with Gasteiger partial charge in [-0.05, 0) is 43.2 Å². The van der Waals surface area contributed by atoms with Crippen LogP contribution >= 0.6 is 0 Å². The second kappa shape index (κ2) is 8.64. The van der Waals surface area contributed by atoms with Crippen molar-refractivity contribution in [2.75, 3.05) is 25.6 Å². The molecule has 1 atom stereocenters. The Kier molecular flexibility index (Phi) is 6.03. The monoisotopic (exact) mass is 372 g/mol. The fourth-order valence-corrected chi connectivity index (χ4v) is 2.94. The van der Waals surface area contributed by atoms with Crippen LogP contribution in [0.3, 0.4) is 0 Å². The number of anilines is 1. The van der Waals surface area contributed by atoms with E-state index < -0.39 is 11.7 Å². The molecule has 6 nitrogen and oxygen atoms in total. The lowest BCUT2D eigenvalue weighted by Gasteiger charge is -2.14. The highest BCUT2D eigenvalue weighted by Gasteiger charge is 2.20. The third-order valence-corrected chi connectivity index (χ3v) is 4.34. The molecule has 1 fully saturated rings. The largest absolute Gasteiger partial charge is 0.496 e. The van der Waals surface area contributed by atoms with Crippen LogP contribution in [-0.2, 0) is 4.74 Å². The van der Waals surface area contributed by atoms with Crippen LogP contribution in [0.5, 0.6) is 5.75 Å². The Morgan fingerprint density at radius 2 is 2.00 bits per heavy atom. The Morgan fingerprint density at radius 3 is 2.74 bits per heavy atom. The third kappa shape index (κ3) is 4.62. The molecular formula is C20H21FN2O4. The average Bonchev–Trinajstić information content (AvgIpc) is 3.20. The van der Waals surface area contributed by atoms with Gasteiger partial charge in [-0.2, -0.15) is 0 Å². The Labute approximate surface area is 156 Å². The number of halogens is 1. The van der Waals surface area contributed by atoms with Gasteiger partial charge >= 0.3 is 0 Å². The minimum absolute atomic E-state index is 0.0206. The second-order valence-electron chi connectivity index (χ2n) is 6.19. The van der Waals surface area contributed by atoms with Crippen LogP contribution in [0, 0.1) is 5.82 Å². The van der Waals surface area contributed by atoms with Gasteiger partial charge in [-0.25, -0.2) is 4.39 Å². The van der Waals surface area contributed by atoms with Crippen LogP contribution < -0.4 is 15.4 Å². The Balaban J connectivity index is 1.74. The van der Waals surface area contributed by atoms with E-state index in [2.05, 4.69) is 10.6 Å². The topological polar surface area (TPSA) is 76.7 Å². The molecule has 142 valence electrons. The summed E-state index contributed by atoms with van der Waals surface area (Å²) in [7, 11) is 1.40. The maximum atomic E-state index is 13.5. The van der Waals surface area contributed by atoms with Crippen molar-refractivity contribution in [3.63, 3.8) is 0 Å². The van der Waals surface area contributed by atoms with Crippen molar-refractivity contribution in [3.05, 3.63) is 59.4 Å². The molecule has 0 aliphatic carbocycles. The maximum Gasteiger partial charge on any atom is 0.259 e. The van der Waals surface area contributed by atoms with Crippen LogP contribution in [0.4, 0.5) is 10.1 Å². The molecule has 2 aromatic carbocycles. The zero-order chi connectivity index (χ0) is 19.2. The molecule has 2 aromatic rings. The summed E-state index contributed by atoms with van der Waals surface area (Å²) in [5, 5.41) is 5.49. The van der Waals surface area contributed by atoms with Crippen molar-refractivity contribution >= 4 is 17.5 Å². The highest BCUT2D eigenvalue weighted by Crippen LogP contribution is 2.22. The molecule has 1 aliphatic heterocycles. The molecule has 0 radical (unpaired) electrons. The summed E-state index contributed by atoms with van der Waals surface area (Å²) in [5.74, 6) is -1.18. The van der Waals surface area contributed by atoms with Crippen molar-refractivity contribution in [1.29, 1.82) is 0 Å². The standard InChI is InChI=1S/C20H21FN2O4/c1-26-18-9-8-13(21)11-16(18)20(25)23-17-7-3-2-6-15(17)19(24)22-12-14-5-4-10-27-14/h2-3,6-9,11,14H,4-5,10,12H2,1H3,(H,22,24)(H,23,25). The predicted molar refractivity (Wildman–Crippen MR) is 98.7 cm³/mol. The molecule has 7 heteroatoms. The van der Waals surface area contributed by atoms with Crippen LogP contribution in [0.15, 0.2) is 42.5 Å². The molecule has 1 aliphatic rings. The lowest BCUT2D eigenvalue weighted by atomic mass is 10.1. The van der Waals surface area contributed by atoms with E-state index >= 15 is 0 Å². The molecule has 1 unspecified atom stereocenters. The van der Waals surface area contributed by atoms with E-state index in [0.717, 1.165) is 18.9 Å². The van der Waals surface area contributed by atoms with Gasteiger partial charge in [0, 0.05) is 13.2 Å².